The Morgan fingerprint density at radius 2 is 1.72 bits per heavy atom. The van der Waals surface area contributed by atoms with Gasteiger partial charge < -0.3 is 5.73 Å². The zero-order valence-corrected chi connectivity index (χ0v) is 10.1. The third-order valence-corrected chi connectivity index (χ3v) is 2.62. The molecule has 0 saturated heterocycles. The molecule has 1 amide bonds. The molecule has 18 heavy (non-hydrogen) atoms. The van der Waals surface area contributed by atoms with Crippen LogP contribution in [-0.2, 0) is 0 Å². The molecule has 0 atom stereocenters. The molecule has 0 heterocycles. The Labute approximate surface area is 106 Å². The van der Waals surface area contributed by atoms with Crippen LogP contribution in [0.25, 0.3) is 0 Å². The number of nitrogens with one attached hydrogen (secondary N) is 2. The van der Waals surface area contributed by atoms with Gasteiger partial charge in [-0.3, -0.25) is 15.6 Å². The maximum atomic E-state index is 11.9. The van der Waals surface area contributed by atoms with E-state index >= 15 is 0 Å². The minimum atomic E-state index is -0.162. The van der Waals surface area contributed by atoms with Crippen molar-refractivity contribution >= 4 is 17.3 Å². The molecule has 4 N–H and O–H groups in total. The highest BCUT2D eigenvalue weighted by Gasteiger charge is 2.06. The van der Waals surface area contributed by atoms with Gasteiger partial charge in [0.15, 0.2) is 0 Å². The Bertz CT molecular complexity index is 549. The number of carbonyl (C=O) groups excluding carboxylic acids is 1. The number of hydrogen-bond acceptors (Lipinski definition) is 3. The van der Waals surface area contributed by atoms with Gasteiger partial charge in [0, 0.05) is 11.3 Å². The van der Waals surface area contributed by atoms with E-state index < -0.39 is 0 Å². The van der Waals surface area contributed by atoms with Crippen LogP contribution in [0.15, 0.2) is 48.5 Å². The number of benzene rings is 2. The number of carbonyl (C=O) groups is 1. The minimum absolute atomic E-state index is 0.162. The minimum Gasteiger partial charge on any atom is -0.399 e. The topological polar surface area (TPSA) is 67.2 Å². The summed E-state index contributed by atoms with van der Waals surface area (Å²) in [4.78, 5) is 11.9. The highest BCUT2D eigenvalue weighted by Crippen LogP contribution is 2.10. The van der Waals surface area contributed by atoms with Gasteiger partial charge in [-0.1, -0.05) is 18.2 Å². The summed E-state index contributed by atoms with van der Waals surface area (Å²) in [6.07, 6.45) is 0. The van der Waals surface area contributed by atoms with Crippen LogP contribution in [0.3, 0.4) is 0 Å². The lowest BCUT2D eigenvalue weighted by Crippen LogP contribution is -2.29. The molecule has 4 nitrogen and oxygen atoms in total. The number of anilines is 2. The van der Waals surface area contributed by atoms with Crippen molar-refractivity contribution in [2.45, 2.75) is 6.92 Å². The van der Waals surface area contributed by atoms with E-state index in [0.717, 1.165) is 11.3 Å². The molecule has 0 spiro atoms. The Morgan fingerprint density at radius 3 is 2.39 bits per heavy atom. The number of aryl methyl sites for hydroxylation is 1. The summed E-state index contributed by atoms with van der Waals surface area (Å²) in [6, 6.07) is 14.6. The fraction of sp³-hybridized carbons (Fsp3) is 0.0714. The molecule has 2 aromatic rings. The Morgan fingerprint density at radius 1 is 1.06 bits per heavy atom. The van der Waals surface area contributed by atoms with E-state index in [-0.39, 0.29) is 5.91 Å². The van der Waals surface area contributed by atoms with Gasteiger partial charge in [-0.2, -0.15) is 0 Å². The third-order valence-electron chi connectivity index (χ3n) is 2.62. The molecule has 0 aromatic heterocycles. The van der Waals surface area contributed by atoms with Crippen molar-refractivity contribution in [2.75, 3.05) is 11.2 Å². The molecular formula is C14H15N3O. The number of hydrazine groups is 1. The van der Waals surface area contributed by atoms with Crippen LogP contribution in [0.1, 0.15) is 15.9 Å². The molecule has 2 rings (SSSR count). The second-order valence-corrected chi connectivity index (χ2v) is 4.02. The summed E-state index contributed by atoms with van der Waals surface area (Å²) in [5, 5.41) is 0. The van der Waals surface area contributed by atoms with Gasteiger partial charge in [0.1, 0.15) is 0 Å². The molecule has 0 unspecified atom stereocenters. The van der Waals surface area contributed by atoms with Crippen LogP contribution in [0.4, 0.5) is 11.4 Å². The van der Waals surface area contributed by atoms with Gasteiger partial charge in [0.05, 0.1) is 5.69 Å². The van der Waals surface area contributed by atoms with Gasteiger partial charge in [0.25, 0.3) is 5.91 Å². The van der Waals surface area contributed by atoms with Crippen molar-refractivity contribution in [1.82, 2.24) is 5.43 Å². The van der Waals surface area contributed by atoms with Crippen molar-refractivity contribution in [2.24, 2.45) is 0 Å². The van der Waals surface area contributed by atoms with E-state index in [1.807, 2.05) is 25.1 Å². The molecule has 0 aliphatic heterocycles. The first-order chi connectivity index (χ1) is 8.66. The van der Waals surface area contributed by atoms with Crippen LogP contribution >= 0.6 is 0 Å². The molecule has 0 fully saturated rings. The number of nitrogen functional groups attached to an aromatic ring is 1. The maximum absolute atomic E-state index is 11.9. The number of hydrogen-bond donors (Lipinski definition) is 3. The summed E-state index contributed by atoms with van der Waals surface area (Å²) in [7, 11) is 0. The summed E-state index contributed by atoms with van der Waals surface area (Å²) in [6.45, 7) is 1.90. The summed E-state index contributed by atoms with van der Waals surface area (Å²) < 4.78 is 0. The van der Waals surface area contributed by atoms with Crippen LogP contribution in [-0.4, -0.2) is 5.91 Å². The Balaban J connectivity index is 2.01. The molecule has 92 valence electrons. The lowest BCUT2D eigenvalue weighted by Gasteiger charge is -2.10. The third kappa shape index (κ3) is 2.79. The quantitative estimate of drug-likeness (QED) is 0.570. The zero-order chi connectivity index (χ0) is 13.0. The number of nitrogens with two attached hydrogens (primary N) is 1. The smallest absolute Gasteiger partial charge is 0.269 e. The number of amides is 1. The van der Waals surface area contributed by atoms with Crippen LogP contribution < -0.4 is 16.6 Å². The standard InChI is InChI=1S/C14H15N3O/c1-10-4-2-3-5-13(10)14(18)17-16-12-8-6-11(15)7-9-12/h2-9,16H,15H2,1H3,(H,17,18). The van der Waals surface area contributed by atoms with E-state index in [0.29, 0.717) is 11.3 Å². The second kappa shape index (κ2) is 5.23. The summed E-state index contributed by atoms with van der Waals surface area (Å²) in [5.74, 6) is -0.162. The predicted octanol–water partition coefficient (Wildman–Crippen LogP) is 2.33. The lowest BCUT2D eigenvalue weighted by molar-refractivity contribution is 0.0962. The average Bonchev–Trinajstić information content (AvgIpc) is 2.38. The van der Waals surface area contributed by atoms with Gasteiger partial charge in [-0.15, -0.1) is 0 Å². The highest BCUT2D eigenvalue weighted by molar-refractivity contribution is 5.96. The summed E-state index contributed by atoms with van der Waals surface area (Å²) >= 11 is 0. The Hall–Kier alpha value is -2.49. The molecular weight excluding hydrogens is 226 g/mol. The van der Waals surface area contributed by atoms with E-state index in [9.17, 15) is 4.79 Å². The summed E-state index contributed by atoms with van der Waals surface area (Å²) in [5.41, 5.74) is 14.1. The molecule has 0 saturated carbocycles. The monoisotopic (exact) mass is 241 g/mol. The molecule has 0 aliphatic rings. The highest BCUT2D eigenvalue weighted by atomic mass is 16.2. The van der Waals surface area contributed by atoms with E-state index in [4.69, 9.17) is 5.73 Å². The normalized spacial score (nSPS) is 9.83. The van der Waals surface area contributed by atoms with E-state index in [2.05, 4.69) is 10.9 Å². The molecule has 0 radical (unpaired) electrons. The zero-order valence-electron chi connectivity index (χ0n) is 10.1. The van der Waals surface area contributed by atoms with Gasteiger partial charge in [-0.05, 0) is 42.8 Å². The van der Waals surface area contributed by atoms with Crippen LogP contribution in [0.5, 0.6) is 0 Å². The SMILES string of the molecule is Cc1ccccc1C(=O)NNc1ccc(N)cc1. The fourth-order valence-corrected chi connectivity index (χ4v) is 1.59. The van der Waals surface area contributed by atoms with E-state index in [1.54, 1.807) is 30.3 Å². The number of rotatable bonds is 3. The van der Waals surface area contributed by atoms with Crippen molar-refractivity contribution in [1.29, 1.82) is 0 Å². The lowest BCUT2D eigenvalue weighted by atomic mass is 10.1. The van der Waals surface area contributed by atoms with Gasteiger partial charge in [-0.25, -0.2) is 0 Å². The van der Waals surface area contributed by atoms with Crippen molar-refractivity contribution in [3.8, 4) is 0 Å². The molecule has 4 heteroatoms. The van der Waals surface area contributed by atoms with Crippen molar-refractivity contribution in [3.63, 3.8) is 0 Å². The maximum Gasteiger partial charge on any atom is 0.269 e. The van der Waals surface area contributed by atoms with Crippen molar-refractivity contribution in [3.05, 3.63) is 59.7 Å². The predicted molar refractivity (Wildman–Crippen MR) is 73.1 cm³/mol. The van der Waals surface area contributed by atoms with Gasteiger partial charge in [0.2, 0.25) is 0 Å². The Kier molecular flexibility index (Phi) is 3.48. The fourth-order valence-electron chi connectivity index (χ4n) is 1.59. The van der Waals surface area contributed by atoms with Gasteiger partial charge >= 0.3 is 0 Å². The molecule has 2 aromatic carbocycles. The largest absolute Gasteiger partial charge is 0.399 e. The van der Waals surface area contributed by atoms with Crippen molar-refractivity contribution < 1.29 is 4.79 Å². The second-order valence-electron chi connectivity index (χ2n) is 4.02. The first-order valence-corrected chi connectivity index (χ1v) is 5.64. The first kappa shape index (κ1) is 12.0. The molecule has 0 aliphatic carbocycles. The molecule has 0 bridgehead atoms. The van der Waals surface area contributed by atoms with E-state index in [1.165, 1.54) is 0 Å². The van der Waals surface area contributed by atoms with Crippen LogP contribution in [0, 0.1) is 6.92 Å². The average molecular weight is 241 g/mol. The first-order valence-electron chi connectivity index (χ1n) is 5.64. The van der Waals surface area contributed by atoms with Crippen LogP contribution in [0.2, 0.25) is 0 Å².